The lowest BCUT2D eigenvalue weighted by Crippen LogP contribution is -2.31. The van der Waals surface area contributed by atoms with Gasteiger partial charge < -0.3 is 16.4 Å². The first-order valence-electron chi connectivity index (χ1n) is 10.6. The van der Waals surface area contributed by atoms with Crippen LogP contribution in [0.3, 0.4) is 0 Å². The number of urea groups is 1. The second-order valence-corrected chi connectivity index (χ2v) is 9.04. The van der Waals surface area contributed by atoms with Crippen molar-refractivity contribution >= 4 is 29.0 Å². The molecule has 1 aliphatic carbocycles. The Bertz CT molecular complexity index is 1140. The Balaban J connectivity index is 1.55. The number of anilines is 1. The Morgan fingerprint density at radius 2 is 2.10 bits per heavy atom. The number of nitrogens with one attached hydrogen (secondary N) is 2. The Labute approximate surface area is 182 Å². The number of carbonyl (C=O) groups excluding carboxylic acids is 2. The molecular formula is C24H28N5O2. The van der Waals surface area contributed by atoms with Gasteiger partial charge in [0.05, 0.1) is 22.9 Å². The summed E-state index contributed by atoms with van der Waals surface area (Å²) in [5, 5.41) is 11.0. The zero-order valence-electron chi connectivity index (χ0n) is 18.2. The largest absolute Gasteiger partial charge is 0.339 e. The van der Waals surface area contributed by atoms with Crippen LogP contribution >= 0.6 is 0 Å². The van der Waals surface area contributed by atoms with Crippen LogP contribution in [0.25, 0.3) is 10.9 Å². The van der Waals surface area contributed by atoms with Crippen LogP contribution in [0, 0.1) is 0 Å². The number of hydrogen-bond acceptors (Lipinski definition) is 4. The van der Waals surface area contributed by atoms with Crippen molar-refractivity contribution in [2.24, 2.45) is 5.73 Å². The van der Waals surface area contributed by atoms with Crippen molar-refractivity contribution in [3.05, 3.63) is 58.8 Å². The molecule has 1 heterocycles. The van der Waals surface area contributed by atoms with E-state index in [9.17, 15) is 9.59 Å². The maximum atomic E-state index is 12.8. The van der Waals surface area contributed by atoms with Gasteiger partial charge in [-0.05, 0) is 53.6 Å². The molecule has 0 spiro atoms. The summed E-state index contributed by atoms with van der Waals surface area (Å²) in [4.78, 5) is 24.1. The fourth-order valence-electron chi connectivity index (χ4n) is 4.28. The quantitative estimate of drug-likeness (QED) is 0.589. The van der Waals surface area contributed by atoms with Crippen LogP contribution in [0.1, 0.15) is 55.6 Å². The van der Waals surface area contributed by atoms with Gasteiger partial charge in [-0.2, -0.15) is 9.78 Å². The third kappa shape index (κ3) is 4.05. The van der Waals surface area contributed by atoms with Crippen LogP contribution in [0.5, 0.6) is 0 Å². The third-order valence-electron chi connectivity index (χ3n) is 5.89. The molecule has 0 fully saturated rings. The summed E-state index contributed by atoms with van der Waals surface area (Å²) < 4.78 is 1.16. The number of nitrogens with zero attached hydrogens (tertiary/aromatic N) is 2. The van der Waals surface area contributed by atoms with E-state index in [1.165, 1.54) is 16.7 Å². The van der Waals surface area contributed by atoms with Gasteiger partial charge in [-0.3, -0.25) is 4.79 Å². The van der Waals surface area contributed by atoms with E-state index < -0.39 is 0 Å². The molecule has 0 saturated carbocycles. The smallest absolute Gasteiger partial charge is 0.331 e. The minimum atomic E-state index is -0.285. The Morgan fingerprint density at radius 3 is 2.81 bits per heavy atom. The van der Waals surface area contributed by atoms with Crippen molar-refractivity contribution in [2.45, 2.75) is 51.5 Å². The summed E-state index contributed by atoms with van der Waals surface area (Å²) in [5.41, 5.74) is 11.4. The second kappa shape index (κ2) is 8.15. The number of nitrogens with two attached hydrogens (primary N) is 1. The number of aromatic nitrogens is 2. The molecule has 1 radical (unpaired) electrons. The maximum Gasteiger partial charge on any atom is 0.339 e. The number of benzene rings is 2. The Kier molecular flexibility index (Phi) is 5.54. The average Bonchev–Trinajstić information content (AvgIpc) is 3.29. The molecule has 0 bridgehead atoms. The molecule has 1 aliphatic rings. The van der Waals surface area contributed by atoms with Gasteiger partial charge in [-0.15, -0.1) is 0 Å². The first-order valence-corrected chi connectivity index (χ1v) is 10.6. The standard InChI is InChI=1S/C24H28N5O2/c1-24(2,3)16-8-9-17-15(13-16)7-10-18(17)26-23(31)27-19-5-4-6-21-22(19)20(11-12-25)28-29(21)14-30/h4-6,8-9,13,18H,7,10-12,25H2,1-3H3,(H2,26,27,31)/t18-/m1/s1. The van der Waals surface area contributed by atoms with Gasteiger partial charge >= 0.3 is 12.4 Å². The maximum absolute atomic E-state index is 12.8. The summed E-state index contributed by atoms with van der Waals surface area (Å²) >= 11 is 0. The summed E-state index contributed by atoms with van der Waals surface area (Å²) in [6.45, 7) is 7.01. The summed E-state index contributed by atoms with van der Waals surface area (Å²) in [7, 11) is 0. The van der Waals surface area contributed by atoms with E-state index in [1.54, 1.807) is 24.6 Å². The summed E-state index contributed by atoms with van der Waals surface area (Å²) in [6, 6.07) is 11.6. The van der Waals surface area contributed by atoms with Crippen LogP contribution in [0.2, 0.25) is 0 Å². The molecule has 0 aliphatic heterocycles. The predicted octanol–water partition coefficient (Wildman–Crippen LogP) is 3.56. The molecule has 1 aromatic heterocycles. The van der Waals surface area contributed by atoms with Gasteiger partial charge in [-0.1, -0.05) is 45.0 Å². The predicted molar refractivity (Wildman–Crippen MR) is 122 cm³/mol. The minimum Gasteiger partial charge on any atom is -0.331 e. The van der Waals surface area contributed by atoms with E-state index in [4.69, 9.17) is 5.73 Å². The average molecular weight is 419 g/mol. The fraction of sp³-hybridized carbons (Fsp3) is 0.375. The summed E-state index contributed by atoms with van der Waals surface area (Å²) in [5.74, 6) is 0. The van der Waals surface area contributed by atoms with E-state index in [0.29, 0.717) is 35.2 Å². The second-order valence-electron chi connectivity index (χ2n) is 9.04. The van der Waals surface area contributed by atoms with Crippen LogP contribution in [0.15, 0.2) is 36.4 Å². The number of amides is 2. The van der Waals surface area contributed by atoms with Crippen LogP contribution < -0.4 is 16.4 Å². The van der Waals surface area contributed by atoms with E-state index in [1.807, 2.05) is 0 Å². The van der Waals surface area contributed by atoms with E-state index in [-0.39, 0.29) is 17.5 Å². The van der Waals surface area contributed by atoms with Crippen molar-refractivity contribution in [2.75, 3.05) is 11.9 Å². The lowest BCUT2D eigenvalue weighted by Gasteiger charge is -2.21. The number of hydrogen-bond donors (Lipinski definition) is 3. The molecule has 0 saturated heterocycles. The molecule has 4 N–H and O–H groups in total. The van der Waals surface area contributed by atoms with Crippen LogP contribution in [-0.4, -0.2) is 28.8 Å². The van der Waals surface area contributed by atoms with E-state index in [2.05, 4.69) is 54.7 Å². The molecule has 2 amide bonds. The molecular weight excluding hydrogens is 390 g/mol. The van der Waals surface area contributed by atoms with Crippen molar-refractivity contribution in [3.63, 3.8) is 0 Å². The minimum absolute atomic E-state index is 0.0298. The molecule has 31 heavy (non-hydrogen) atoms. The van der Waals surface area contributed by atoms with E-state index >= 15 is 0 Å². The highest BCUT2D eigenvalue weighted by atomic mass is 16.2. The Hall–Kier alpha value is -3.19. The highest BCUT2D eigenvalue weighted by Gasteiger charge is 2.26. The molecule has 7 nitrogen and oxygen atoms in total. The van der Waals surface area contributed by atoms with Gasteiger partial charge in [0.2, 0.25) is 0 Å². The Morgan fingerprint density at radius 1 is 1.29 bits per heavy atom. The van der Waals surface area contributed by atoms with Crippen LogP contribution in [-0.2, 0) is 23.1 Å². The zero-order chi connectivity index (χ0) is 22.2. The molecule has 3 aromatic rings. The topological polar surface area (TPSA) is 102 Å². The van der Waals surface area contributed by atoms with Gasteiger partial charge in [-0.25, -0.2) is 4.79 Å². The highest BCUT2D eigenvalue weighted by molar-refractivity contribution is 6.03. The van der Waals surface area contributed by atoms with Crippen molar-refractivity contribution in [1.82, 2.24) is 15.1 Å². The molecule has 0 unspecified atom stereocenters. The number of rotatable bonds is 5. The molecule has 161 valence electrons. The van der Waals surface area contributed by atoms with E-state index in [0.717, 1.165) is 17.5 Å². The lowest BCUT2D eigenvalue weighted by molar-refractivity contribution is 0.248. The van der Waals surface area contributed by atoms with Gasteiger partial charge in [0, 0.05) is 11.8 Å². The van der Waals surface area contributed by atoms with Crippen molar-refractivity contribution < 1.29 is 9.59 Å². The third-order valence-corrected chi connectivity index (χ3v) is 5.89. The van der Waals surface area contributed by atoms with Gasteiger partial charge in [0.25, 0.3) is 0 Å². The molecule has 2 aromatic carbocycles. The highest BCUT2D eigenvalue weighted by Crippen LogP contribution is 2.35. The molecule has 4 rings (SSSR count). The van der Waals surface area contributed by atoms with Gasteiger partial charge in [0.15, 0.2) is 0 Å². The normalized spacial score (nSPS) is 15.7. The number of fused-ring (bicyclic) bond motifs is 2. The van der Waals surface area contributed by atoms with Gasteiger partial charge in [0.1, 0.15) is 0 Å². The monoisotopic (exact) mass is 418 g/mol. The molecule has 7 heteroatoms. The van der Waals surface area contributed by atoms with Crippen LogP contribution in [0.4, 0.5) is 10.5 Å². The SMILES string of the molecule is CC(C)(C)c1ccc2c(c1)CC[C@H]2NC(=O)Nc1cccc2c1c(CCN)nn2[C]=O. The van der Waals surface area contributed by atoms with Crippen molar-refractivity contribution in [1.29, 1.82) is 0 Å². The first kappa shape index (κ1) is 21.1. The zero-order valence-corrected chi connectivity index (χ0v) is 18.2. The number of aryl methyl sites for hydroxylation is 1. The summed E-state index contributed by atoms with van der Waals surface area (Å²) in [6.07, 6.45) is 4.12. The first-order chi connectivity index (χ1) is 14.8. The lowest BCUT2D eigenvalue weighted by atomic mass is 9.85. The number of carbonyl (C=O) groups is 1. The van der Waals surface area contributed by atoms with Crippen molar-refractivity contribution in [3.8, 4) is 0 Å². The fourth-order valence-corrected chi connectivity index (χ4v) is 4.28. The molecule has 1 atom stereocenters.